The molecule has 96 valence electrons. The van der Waals surface area contributed by atoms with Gasteiger partial charge in [-0.1, -0.05) is 6.07 Å². The van der Waals surface area contributed by atoms with E-state index in [1.54, 1.807) is 24.3 Å². The summed E-state index contributed by atoms with van der Waals surface area (Å²) in [6.07, 6.45) is 0. The number of nitrogens with one attached hydrogen (secondary N) is 2. The molecule has 0 aliphatic heterocycles. The molecule has 1 rings (SSSR count). The van der Waals surface area contributed by atoms with E-state index < -0.39 is 5.91 Å². The number of anilines is 1. The summed E-state index contributed by atoms with van der Waals surface area (Å²) in [6.45, 7) is 2.66. The number of thiocarbonyl (C=S) groups is 1. The van der Waals surface area contributed by atoms with Gasteiger partial charge in [0.15, 0.2) is 11.1 Å². The molecule has 0 spiro atoms. The lowest BCUT2D eigenvalue weighted by Crippen LogP contribution is -2.28. The smallest absolute Gasteiger partial charge is 0.280 e. The third-order valence-corrected chi connectivity index (χ3v) is 2.18. The predicted molar refractivity (Wildman–Crippen MR) is 76.5 cm³/mol. The van der Waals surface area contributed by atoms with E-state index in [0.29, 0.717) is 16.4 Å². The molecule has 7 heteroatoms. The van der Waals surface area contributed by atoms with Crippen molar-refractivity contribution in [2.75, 3.05) is 11.9 Å². The molecule has 0 radical (unpaired) electrons. The maximum atomic E-state index is 11.6. The van der Waals surface area contributed by atoms with Crippen molar-refractivity contribution in [1.82, 2.24) is 5.32 Å². The lowest BCUT2D eigenvalue weighted by Gasteiger charge is -2.09. The Labute approximate surface area is 110 Å². The zero-order chi connectivity index (χ0) is 13.5. The molecular weight excluding hydrogens is 250 g/mol. The van der Waals surface area contributed by atoms with Crippen molar-refractivity contribution in [3.63, 3.8) is 0 Å². The van der Waals surface area contributed by atoms with Crippen LogP contribution in [-0.2, 0) is 0 Å². The highest BCUT2D eigenvalue weighted by Crippen LogP contribution is 2.11. The Balaban J connectivity index is 2.82. The summed E-state index contributed by atoms with van der Waals surface area (Å²) in [4.78, 5) is 15.1. The summed E-state index contributed by atoms with van der Waals surface area (Å²) in [5.74, 6) is -0.755. The first-order valence-electron chi connectivity index (χ1n) is 5.31. The van der Waals surface area contributed by atoms with E-state index in [2.05, 4.69) is 15.6 Å². The highest BCUT2D eigenvalue weighted by atomic mass is 32.1. The van der Waals surface area contributed by atoms with Crippen LogP contribution < -0.4 is 22.1 Å². The molecule has 1 amide bonds. The van der Waals surface area contributed by atoms with Gasteiger partial charge in [0.25, 0.3) is 5.91 Å². The van der Waals surface area contributed by atoms with Crippen LogP contribution in [0, 0.1) is 0 Å². The van der Waals surface area contributed by atoms with Gasteiger partial charge in [0, 0.05) is 17.8 Å². The zero-order valence-electron chi connectivity index (χ0n) is 9.93. The Morgan fingerprint density at radius 1 is 1.44 bits per heavy atom. The number of hydrogen-bond donors (Lipinski definition) is 4. The highest BCUT2D eigenvalue weighted by Gasteiger charge is 2.05. The van der Waals surface area contributed by atoms with E-state index >= 15 is 0 Å². The van der Waals surface area contributed by atoms with E-state index in [1.165, 1.54) is 0 Å². The number of rotatable bonds is 3. The number of guanidine groups is 1. The number of nitrogens with zero attached hydrogens (tertiary/aromatic N) is 1. The molecule has 0 saturated heterocycles. The molecule has 0 heterocycles. The van der Waals surface area contributed by atoms with Gasteiger partial charge >= 0.3 is 0 Å². The molecule has 0 aromatic heterocycles. The van der Waals surface area contributed by atoms with E-state index in [-0.39, 0.29) is 5.96 Å². The topological polar surface area (TPSA) is 106 Å². The maximum absolute atomic E-state index is 11.6. The van der Waals surface area contributed by atoms with Gasteiger partial charge in [-0.05, 0) is 37.3 Å². The van der Waals surface area contributed by atoms with Crippen LogP contribution in [0.5, 0.6) is 0 Å². The molecule has 6 N–H and O–H groups in total. The van der Waals surface area contributed by atoms with Crippen molar-refractivity contribution in [2.45, 2.75) is 6.92 Å². The fourth-order valence-electron chi connectivity index (χ4n) is 1.25. The number of aliphatic imine (C=N–C) groups is 1. The van der Waals surface area contributed by atoms with Crippen molar-refractivity contribution >= 4 is 34.9 Å². The van der Waals surface area contributed by atoms with Crippen molar-refractivity contribution in [3.8, 4) is 0 Å². The van der Waals surface area contributed by atoms with Crippen molar-refractivity contribution in [3.05, 3.63) is 29.8 Å². The highest BCUT2D eigenvalue weighted by molar-refractivity contribution is 7.80. The fraction of sp³-hybridized carbons (Fsp3) is 0.182. The van der Waals surface area contributed by atoms with E-state index in [9.17, 15) is 4.79 Å². The Kier molecular flexibility index (Phi) is 5.06. The summed E-state index contributed by atoms with van der Waals surface area (Å²) in [5, 5.41) is 6.38. The van der Waals surface area contributed by atoms with Gasteiger partial charge in [0.05, 0.1) is 0 Å². The Hall–Kier alpha value is -2.15. The van der Waals surface area contributed by atoms with Crippen LogP contribution in [0.4, 0.5) is 5.69 Å². The van der Waals surface area contributed by atoms with Gasteiger partial charge in [0.2, 0.25) is 0 Å². The number of amides is 1. The third kappa shape index (κ3) is 4.38. The number of carbonyl (C=O) groups is 1. The first-order chi connectivity index (χ1) is 8.52. The van der Waals surface area contributed by atoms with Gasteiger partial charge in [-0.2, -0.15) is 4.99 Å². The van der Waals surface area contributed by atoms with E-state index in [1.807, 2.05) is 6.92 Å². The zero-order valence-corrected chi connectivity index (χ0v) is 10.8. The minimum absolute atomic E-state index is 0.262. The Morgan fingerprint density at radius 3 is 2.78 bits per heavy atom. The van der Waals surface area contributed by atoms with Crippen LogP contribution in [0.15, 0.2) is 29.3 Å². The van der Waals surface area contributed by atoms with Crippen LogP contribution in [0.3, 0.4) is 0 Å². The number of carbonyl (C=O) groups excluding carboxylic acids is 1. The minimum atomic E-state index is -0.493. The normalized spacial score (nSPS) is 9.39. The predicted octanol–water partition coefficient (Wildman–Crippen LogP) is 0.407. The molecule has 1 aromatic carbocycles. The molecule has 0 fully saturated rings. The summed E-state index contributed by atoms with van der Waals surface area (Å²) >= 11 is 5.04. The molecule has 18 heavy (non-hydrogen) atoms. The standard InChI is InChI=1S/C11H15N5OS/c1-2-14-11(18)15-8-5-3-4-7(6-8)9(17)16-10(12)13/h3-6H,2H2,1H3,(H2,14,15,18)(H4,12,13,16,17). The second-order valence-electron chi connectivity index (χ2n) is 3.41. The summed E-state index contributed by atoms with van der Waals surface area (Å²) in [5.41, 5.74) is 11.4. The fourth-order valence-corrected chi connectivity index (χ4v) is 1.51. The average molecular weight is 265 g/mol. The maximum Gasteiger partial charge on any atom is 0.280 e. The molecular formula is C11H15N5OS. The SMILES string of the molecule is CCNC(=S)Nc1cccc(C(=O)N=C(N)N)c1. The average Bonchev–Trinajstić information content (AvgIpc) is 2.28. The summed E-state index contributed by atoms with van der Waals surface area (Å²) < 4.78 is 0. The van der Waals surface area contributed by atoms with Crippen LogP contribution in [0.1, 0.15) is 17.3 Å². The van der Waals surface area contributed by atoms with Gasteiger partial charge < -0.3 is 22.1 Å². The van der Waals surface area contributed by atoms with Gasteiger partial charge in [-0.25, -0.2) is 0 Å². The molecule has 0 unspecified atom stereocenters. The molecule has 1 aromatic rings. The number of benzene rings is 1. The van der Waals surface area contributed by atoms with E-state index in [4.69, 9.17) is 23.7 Å². The largest absolute Gasteiger partial charge is 0.370 e. The lowest BCUT2D eigenvalue weighted by molar-refractivity contribution is 0.100. The second-order valence-corrected chi connectivity index (χ2v) is 3.82. The Morgan fingerprint density at radius 2 is 2.17 bits per heavy atom. The van der Waals surface area contributed by atoms with Crippen molar-refractivity contribution in [1.29, 1.82) is 0 Å². The van der Waals surface area contributed by atoms with Crippen molar-refractivity contribution < 1.29 is 4.79 Å². The van der Waals surface area contributed by atoms with E-state index in [0.717, 1.165) is 6.54 Å². The van der Waals surface area contributed by atoms with Gasteiger partial charge in [-0.3, -0.25) is 4.79 Å². The molecule has 0 bridgehead atoms. The quantitative estimate of drug-likeness (QED) is 0.358. The molecule has 0 aliphatic rings. The minimum Gasteiger partial charge on any atom is -0.370 e. The van der Waals surface area contributed by atoms with Gasteiger partial charge in [-0.15, -0.1) is 0 Å². The second kappa shape index (κ2) is 6.55. The number of hydrogen-bond acceptors (Lipinski definition) is 2. The van der Waals surface area contributed by atoms with Gasteiger partial charge in [0.1, 0.15) is 0 Å². The van der Waals surface area contributed by atoms with Crippen molar-refractivity contribution in [2.24, 2.45) is 16.5 Å². The summed E-state index contributed by atoms with van der Waals surface area (Å²) in [6, 6.07) is 6.75. The molecule has 0 saturated carbocycles. The monoisotopic (exact) mass is 265 g/mol. The summed E-state index contributed by atoms with van der Waals surface area (Å²) in [7, 11) is 0. The number of nitrogens with two attached hydrogens (primary N) is 2. The lowest BCUT2D eigenvalue weighted by atomic mass is 10.2. The van der Waals surface area contributed by atoms with Crippen LogP contribution in [0.2, 0.25) is 0 Å². The van der Waals surface area contributed by atoms with Crippen LogP contribution in [0.25, 0.3) is 0 Å². The molecule has 0 aliphatic carbocycles. The third-order valence-electron chi connectivity index (χ3n) is 1.94. The van der Waals surface area contributed by atoms with Crippen LogP contribution in [-0.4, -0.2) is 23.5 Å². The first kappa shape index (κ1) is 13.9. The molecule has 0 atom stereocenters. The molecule has 6 nitrogen and oxygen atoms in total. The van der Waals surface area contributed by atoms with Crippen LogP contribution >= 0.6 is 12.2 Å². The first-order valence-corrected chi connectivity index (χ1v) is 5.72. The Bertz CT molecular complexity index is 482.